The Morgan fingerprint density at radius 1 is 1.19 bits per heavy atom. The number of nitrogens with one attached hydrogen (secondary N) is 1. The molecule has 0 aliphatic rings. The minimum Gasteiger partial charge on any atom is -0.508 e. The van der Waals surface area contributed by atoms with Gasteiger partial charge < -0.3 is 19.9 Å². The minimum absolute atomic E-state index is 0.101. The van der Waals surface area contributed by atoms with Crippen molar-refractivity contribution in [2.24, 2.45) is 0 Å². The van der Waals surface area contributed by atoms with Crippen LogP contribution in [-0.2, 0) is 16.0 Å². The molecular formula is C12H19NO3. The molecule has 1 unspecified atom stereocenters. The summed E-state index contributed by atoms with van der Waals surface area (Å²) in [5, 5.41) is 12.4. The third kappa shape index (κ3) is 3.81. The Balaban J connectivity index is 2.42. The maximum atomic E-state index is 9.14. The summed E-state index contributed by atoms with van der Waals surface area (Å²) in [5.74, 6) is 0.281. The molecule has 0 saturated carbocycles. The zero-order chi connectivity index (χ0) is 12.0. The van der Waals surface area contributed by atoms with E-state index in [9.17, 15) is 0 Å². The van der Waals surface area contributed by atoms with Crippen LogP contribution in [-0.4, -0.2) is 31.7 Å². The van der Waals surface area contributed by atoms with Crippen molar-refractivity contribution in [1.29, 1.82) is 0 Å². The molecule has 1 aromatic rings. The summed E-state index contributed by atoms with van der Waals surface area (Å²) < 4.78 is 10.3. The van der Waals surface area contributed by atoms with Crippen molar-refractivity contribution in [2.45, 2.75) is 25.8 Å². The third-order valence-corrected chi connectivity index (χ3v) is 2.44. The molecule has 0 heterocycles. The highest BCUT2D eigenvalue weighted by Crippen LogP contribution is 2.09. The summed E-state index contributed by atoms with van der Waals surface area (Å²) in [5.41, 5.74) is 1.11. The predicted octanol–water partition coefficient (Wildman–Crippen LogP) is 1.49. The summed E-state index contributed by atoms with van der Waals surface area (Å²) in [6.07, 6.45) is -0.253. The molecule has 0 spiro atoms. The fourth-order valence-corrected chi connectivity index (χ4v) is 1.49. The van der Waals surface area contributed by atoms with Crippen LogP contribution in [0.25, 0.3) is 0 Å². The number of phenols is 1. The quantitative estimate of drug-likeness (QED) is 0.720. The van der Waals surface area contributed by atoms with Gasteiger partial charge in [-0.05, 0) is 24.6 Å². The van der Waals surface area contributed by atoms with Gasteiger partial charge in [-0.25, -0.2) is 0 Å². The Labute approximate surface area is 96.2 Å². The number of phenolic OH excluding ortho intramolecular Hbond substituents is 1. The van der Waals surface area contributed by atoms with Crippen LogP contribution in [0.1, 0.15) is 12.5 Å². The van der Waals surface area contributed by atoms with Gasteiger partial charge in [-0.15, -0.1) is 0 Å². The van der Waals surface area contributed by atoms with Gasteiger partial charge in [0.05, 0.1) is 6.04 Å². The van der Waals surface area contributed by atoms with Crippen molar-refractivity contribution >= 4 is 0 Å². The van der Waals surface area contributed by atoms with E-state index in [0.29, 0.717) is 6.54 Å². The number of hydrogen-bond donors (Lipinski definition) is 2. The lowest BCUT2D eigenvalue weighted by Crippen LogP contribution is -2.39. The number of ether oxygens (including phenoxy) is 2. The zero-order valence-electron chi connectivity index (χ0n) is 9.93. The maximum absolute atomic E-state index is 9.14. The van der Waals surface area contributed by atoms with Gasteiger partial charge in [0, 0.05) is 20.8 Å². The second kappa shape index (κ2) is 6.48. The van der Waals surface area contributed by atoms with E-state index in [-0.39, 0.29) is 18.1 Å². The second-order valence-electron chi connectivity index (χ2n) is 3.68. The summed E-state index contributed by atoms with van der Waals surface area (Å²) in [4.78, 5) is 0. The summed E-state index contributed by atoms with van der Waals surface area (Å²) in [6.45, 7) is 2.71. The van der Waals surface area contributed by atoms with Gasteiger partial charge in [-0.3, -0.25) is 0 Å². The topological polar surface area (TPSA) is 50.7 Å². The highest BCUT2D eigenvalue weighted by molar-refractivity contribution is 5.25. The van der Waals surface area contributed by atoms with Crippen LogP contribution in [0.5, 0.6) is 5.75 Å². The van der Waals surface area contributed by atoms with E-state index in [1.54, 1.807) is 26.4 Å². The Morgan fingerprint density at radius 2 is 1.75 bits per heavy atom. The fourth-order valence-electron chi connectivity index (χ4n) is 1.49. The average Bonchev–Trinajstić information content (AvgIpc) is 2.30. The molecule has 0 radical (unpaired) electrons. The van der Waals surface area contributed by atoms with Crippen LogP contribution in [0.3, 0.4) is 0 Å². The first kappa shape index (κ1) is 13.0. The van der Waals surface area contributed by atoms with E-state index in [4.69, 9.17) is 14.6 Å². The first-order valence-electron chi connectivity index (χ1n) is 5.24. The Morgan fingerprint density at radius 3 is 2.25 bits per heavy atom. The Hall–Kier alpha value is -1.10. The number of hydrogen-bond acceptors (Lipinski definition) is 4. The molecule has 0 aromatic heterocycles. The van der Waals surface area contributed by atoms with Gasteiger partial charge >= 0.3 is 0 Å². The lowest BCUT2D eigenvalue weighted by atomic mass is 10.2. The van der Waals surface area contributed by atoms with Crippen molar-refractivity contribution < 1.29 is 14.6 Å². The van der Waals surface area contributed by atoms with Crippen LogP contribution in [0.4, 0.5) is 0 Å². The summed E-state index contributed by atoms with van der Waals surface area (Å²) in [6, 6.07) is 7.20. The molecule has 0 aliphatic carbocycles. The first-order chi connectivity index (χ1) is 7.67. The van der Waals surface area contributed by atoms with Crippen molar-refractivity contribution in [2.75, 3.05) is 14.2 Å². The van der Waals surface area contributed by atoms with E-state index < -0.39 is 0 Å². The molecule has 1 rings (SSSR count). The highest BCUT2D eigenvalue weighted by atomic mass is 16.7. The fraction of sp³-hybridized carbons (Fsp3) is 0.500. The average molecular weight is 225 g/mol. The second-order valence-corrected chi connectivity index (χ2v) is 3.68. The summed E-state index contributed by atoms with van der Waals surface area (Å²) in [7, 11) is 3.24. The minimum atomic E-state index is -0.253. The predicted molar refractivity (Wildman–Crippen MR) is 62.2 cm³/mol. The smallest absolute Gasteiger partial charge is 0.171 e. The lowest BCUT2D eigenvalue weighted by molar-refractivity contribution is -0.119. The molecule has 0 fully saturated rings. The molecule has 1 atom stereocenters. The number of rotatable bonds is 6. The van der Waals surface area contributed by atoms with Crippen LogP contribution in [0.15, 0.2) is 24.3 Å². The van der Waals surface area contributed by atoms with Gasteiger partial charge in [0.25, 0.3) is 0 Å². The highest BCUT2D eigenvalue weighted by Gasteiger charge is 2.14. The Kier molecular flexibility index (Phi) is 5.25. The SMILES string of the molecule is COC(OC)C(C)NCc1ccc(O)cc1. The summed E-state index contributed by atoms with van der Waals surface area (Å²) >= 11 is 0. The molecule has 0 saturated heterocycles. The molecule has 0 amide bonds. The van der Waals surface area contributed by atoms with Crippen LogP contribution in [0.2, 0.25) is 0 Å². The molecule has 4 nitrogen and oxygen atoms in total. The van der Waals surface area contributed by atoms with E-state index in [2.05, 4.69) is 5.32 Å². The van der Waals surface area contributed by atoms with Gasteiger partial charge in [0.15, 0.2) is 6.29 Å². The molecule has 0 aliphatic heterocycles. The molecular weight excluding hydrogens is 206 g/mol. The largest absolute Gasteiger partial charge is 0.508 e. The van der Waals surface area contributed by atoms with Crippen molar-refractivity contribution in [3.63, 3.8) is 0 Å². The normalized spacial score (nSPS) is 13.0. The van der Waals surface area contributed by atoms with E-state index in [0.717, 1.165) is 5.56 Å². The number of benzene rings is 1. The van der Waals surface area contributed by atoms with Crippen LogP contribution >= 0.6 is 0 Å². The van der Waals surface area contributed by atoms with Gasteiger partial charge in [-0.2, -0.15) is 0 Å². The lowest BCUT2D eigenvalue weighted by Gasteiger charge is -2.22. The third-order valence-electron chi connectivity index (χ3n) is 2.44. The standard InChI is InChI=1S/C12H19NO3/c1-9(12(15-2)16-3)13-8-10-4-6-11(14)7-5-10/h4-7,9,12-14H,8H2,1-3H3. The van der Waals surface area contributed by atoms with Gasteiger partial charge in [0.2, 0.25) is 0 Å². The van der Waals surface area contributed by atoms with Crippen molar-refractivity contribution in [3.05, 3.63) is 29.8 Å². The van der Waals surface area contributed by atoms with Crippen LogP contribution < -0.4 is 5.32 Å². The maximum Gasteiger partial charge on any atom is 0.171 e. The number of methoxy groups -OCH3 is 2. The zero-order valence-corrected chi connectivity index (χ0v) is 9.93. The van der Waals surface area contributed by atoms with Crippen molar-refractivity contribution in [1.82, 2.24) is 5.32 Å². The molecule has 1 aromatic carbocycles. The van der Waals surface area contributed by atoms with Crippen LogP contribution in [0, 0.1) is 0 Å². The van der Waals surface area contributed by atoms with E-state index in [1.165, 1.54) is 0 Å². The molecule has 0 bridgehead atoms. The van der Waals surface area contributed by atoms with Gasteiger partial charge in [0.1, 0.15) is 5.75 Å². The van der Waals surface area contributed by atoms with Crippen molar-refractivity contribution in [3.8, 4) is 5.75 Å². The van der Waals surface area contributed by atoms with Gasteiger partial charge in [-0.1, -0.05) is 12.1 Å². The molecule has 90 valence electrons. The van der Waals surface area contributed by atoms with E-state index >= 15 is 0 Å². The monoisotopic (exact) mass is 225 g/mol. The number of aromatic hydroxyl groups is 1. The molecule has 4 heteroatoms. The molecule has 16 heavy (non-hydrogen) atoms. The Bertz CT molecular complexity index is 296. The first-order valence-corrected chi connectivity index (χ1v) is 5.24. The molecule has 2 N–H and O–H groups in total. The van der Waals surface area contributed by atoms with E-state index in [1.807, 2.05) is 19.1 Å².